The number of hydrogen-bond acceptors (Lipinski definition) is 5. The number of nitrogens with one attached hydrogen (secondary N) is 2. The second-order valence-corrected chi connectivity index (χ2v) is 8.75. The summed E-state index contributed by atoms with van der Waals surface area (Å²) < 4.78 is 40.0. The van der Waals surface area contributed by atoms with Gasteiger partial charge in [-0.05, 0) is 55.3 Å². The molecule has 0 saturated heterocycles. The van der Waals surface area contributed by atoms with Gasteiger partial charge in [0.2, 0.25) is 0 Å². The lowest BCUT2D eigenvalue weighted by Gasteiger charge is -2.14. The van der Waals surface area contributed by atoms with Gasteiger partial charge in [0.25, 0.3) is 15.9 Å². The highest BCUT2D eigenvalue weighted by atomic mass is 32.2. The molecular weight excluding hydrogens is 401 g/mol. The molecule has 0 aliphatic carbocycles. The maximum atomic E-state index is 13.0. The molecule has 1 aromatic heterocycles. The number of anilines is 1. The Hall–Kier alpha value is -2.78. The highest BCUT2D eigenvalue weighted by Crippen LogP contribution is 2.18. The Morgan fingerprint density at radius 1 is 1.14 bits per heavy atom. The van der Waals surface area contributed by atoms with Crippen molar-refractivity contribution >= 4 is 32.4 Å². The first kappa shape index (κ1) is 20.0. The molecule has 9 heteroatoms. The van der Waals surface area contributed by atoms with Crippen LogP contribution < -0.4 is 10.0 Å². The molecule has 0 fully saturated rings. The first-order chi connectivity index (χ1) is 13.3. The van der Waals surface area contributed by atoms with Crippen molar-refractivity contribution < 1.29 is 17.6 Å². The normalized spacial score (nSPS) is 12.4. The van der Waals surface area contributed by atoms with Gasteiger partial charge in [-0.3, -0.25) is 9.52 Å². The molecule has 0 radical (unpaired) electrons. The number of amides is 1. The van der Waals surface area contributed by atoms with Crippen LogP contribution in [0.2, 0.25) is 0 Å². The summed E-state index contributed by atoms with van der Waals surface area (Å²) in [5.74, 6) is -0.619. The summed E-state index contributed by atoms with van der Waals surface area (Å²) in [6, 6.07) is 11.6. The maximum Gasteiger partial charge on any atom is 0.263 e. The number of thiazole rings is 1. The fraction of sp³-hybridized carbons (Fsp3) is 0.158. The van der Waals surface area contributed by atoms with Crippen molar-refractivity contribution in [1.82, 2.24) is 10.3 Å². The van der Waals surface area contributed by atoms with E-state index in [0.29, 0.717) is 12.0 Å². The third-order valence-corrected chi connectivity index (χ3v) is 6.09. The van der Waals surface area contributed by atoms with Gasteiger partial charge in [0, 0.05) is 23.2 Å². The second kappa shape index (κ2) is 8.49. The third-order valence-electron chi connectivity index (χ3n) is 3.91. The van der Waals surface area contributed by atoms with Crippen LogP contribution in [0.4, 0.5) is 9.52 Å². The van der Waals surface area contributed by atoms with Crippen LogP contribution in [0, 0.1) is 5.82 Å². The van der Waals surface area contributed by atoms with Crippen LogP contribution in [0.3, 0.4) is 0 Å². The summed E-state index contributed by atoms with van der Waals surface area (Å²) in [5.41, 5.74) is 1.25. The molecule has 2 aromatic carbocycles. The second-order valence-electron chi connectivity index (χ2n) is 6.17. The summed E-state index contributed by atoms with van der Waals surface area (Å²) in [5, 5.41) is 4.79. The van der Waals surface area contributed by atoms with Gasteiger partial charge in [-0.1, -0.05) is 12.1 Å². The van der Waals surface area contributed by atoms with Gasteiger partial charge in [-0.15, -0.1) is 11.3 Å². The minimum Gasteiger partial charge on any atom is -0.349 e. The Kier molecular flexibility index (Phi) is 6.05. The van der Waals surface area contributed by atoms with Gasteiger partial charge in [0.1, 0.15) is 5.82 Å². The average Bonchev–Trinajstić information content (AvgIpc) is 3.16. The third kappa shape index (κ3) is 5.14. The Balaban J connectivity index is 1.62. The largest absolute Gasteiger partial charge is 0.349 e. The van der Waals surface area contributed by atoms with Crippen molar-refractivity contribution in [3.63, 3.8) is 0 Å². The standard InChI is InChI=1S/C19H18FN3O3S2/c1-13(12-14-2-6-16(20)7-3-14)22-18(24)15-4-8-17(9-5-15)28(25,26)23-19-21-10-11-27-19/h2-11,13H,12H2,1H3,(H,21,23)(H,22,24). The van der Waals surface area contributed by atoms with Gasteiger partial charge in [0.05, 0.1) is 4.90 Å². The van der Waals surface area contributed by atoms with E-state index in [9.17, 15) is 17.6 Å². The molecule has 3 rings (SSSR count). The molecule has 1 unspecified atom stereocenters. The minimum absolute atomic E-state index is 0.0404. The molecule has 28 heavy (non-hydrogen) atoms. The van der Waals surface area contributed by atoms with E-state index in [1.165, 1.54) is 53.9 Å². The summed E-state index contributed by atoms with van der Waals surface area (Å²) in [4.78, 5) is 16.3. The number of rotatable bonds is 7. The molecule has 6 nitrogen and oxygen atoms in total. The number of carbonyl (C=O) groups excluding carboxylic acids is 1. The summed E-state index contributed by atoms with van der Waals surface area (Å²) in [6.45, 7) is 1.85. The number of hydrogen-bond donors (Lipinski definition) is 2. The van der Waals surface area contributed by atoms with Crippen LogP contribution in [-0.2, 0) is 16.4 Å². The molecule has 1 amide bonds. The van der Waals surface area contributed by atoms with Crippen LogP contribution in [-0.4, -0.2) is 25.4 Å². The van der Waals surface area contributed by atoms with E-state index in [0.717, 1.165) is 5.56 Å². The van der Waals surface area contributed by atoms with E-state index < -0.39 is 10.0 Å². The predicted molar refractivity (Wildman–Crippen MR) is 106 cm³/mol. The van der Waals surface area contributed by atoms with Crippen LogP contribution in [0.15, 0.2) is 65.0 Å². The van der Waals surface area contributed by atoms with Crippen molar-refractivity contribution in [2.24, 2.45) is 0 Å². The Morgan fingerprint density at radius 2 is 1.82 bits per heavy atom. The summed E-state index contributed by atoms with van der Waals surface area (Å²) in [7, 11) is -3.76. The van der Waals surface area contributed by atoms with E-state index in [-0.39, 0.29) is 27.8 Å². The predicted octanol–water partition coefficient (Wildman–Crippen LogP) is 3.44. The van der Waals surface area contributed by atoms with Gasteiger partial charge in [0.15, 0.2) is 5.13 Å². The highest BCUT2D eigenvalue weighted by molar-refractivity contribution is 7.93. The van der Waals surface area contributed by atoms with E-state index in [4.69, 9.17) is 0 Å². The molecule has 1 atom stereocenters. The summed E-state index contributed by atoms with van der Waals surface area (Å²) >= 11 is 1.17. The smallest absolute Gasteiger partial charge is 0.263 e. The molecule has 0 aliphatic rings. The van der Waals surface area contributed by atoms with Crippen molar-refractivity contribution in [1.29, 1.82) is 0 Å². The molecule has 0 spiro atoms. The Morgan fingerprint density at radius 3 is 2.43 bits per heavy atom. The molecule has 0 aliphatic heterocycles. The highest BCUT2D eigenvalue weighted by Gasteiger charge is 2.17. The topological polar surface area (TPSA) is 88.2 Å². The fourth-order valence-electron chi connectivity index (χ4n) is 2.57. The molecule has 146 valence electrons. The minimum atomic E-state index is -3.76. The van der Waals surface area contributed by atoms with Crippen molar-refractivity contribution in [2.75, 3.05) is 4.72 Å². The van der Waals surface area contributed by atoms with Crippen LogP contribution in [0.5, 0.6) is 0 Å². The molecule has 0 bridgehead atoms. The Bertz CT molecular complexity index is 1040. The fourth-order valence-corrected chi connectivity index (χ4v) is 4.35. The monoisotopic (exact) mass is 419 g/mol. The lowest BCUT2D eigenvalue weighted by atomic mass is 10.1. The van der Waals surface area contributed by atoms with Gasteiger partial charge >= 0.3 is 0 Å². The molecular formula is C19H18FN3O3S2. The lowest BCUT2D eigenvalue weighted by Crippen LogP contribution is -2.34. The zero-order valence-electron chi connectivity index (χ0n) is 14.9. The van der Waals surface area contributed by atoms with Crippen LogP contribution in [0.1, 0.15) is 22.8 Å². The maximum absolute atomic E-state index is 13.0. The summed E-state index contributed by atoms with van der Waals surface area (Å²) in [6.07, 6.45) is 2.05. The van der Waals surface area contributed by atoms with E-state index >= 15 is 0 Å². The Labute approximate surface area is 166 Å². The molecule has 1 heterocycles. The number of carbonyl (C=O) groups is 1. The van der Waals surface area contributed by atoms with Crippen LogP contribution >= 0.6 is 11.3 Å². The zero-order chi connectivity index (χ0) is 20.1. The van der Waals surface area contributed by atoms with Gasteiger partial charge in [-0.25, -0.2) is 17.8 Å². The van der Waals surface area contributed by atoms with E-state index in [2.05, 4.69) is 15.0 Å². The molecule has 0 saturated carbocycles. The quantitative estimate of drug-likeness (QED) is 0.614. The van der Waals surface area contributed by atoms with E-state index in [1.54, 1.807) is 17.5 Å². The SMILES string of the molecule is CC(Cc1ccc(F)cc1)NC(=O)c1ccc(S(=O)(=O)Nc2nccs2)cc1. The van der Waals surface area contributed by atoms with Gasteiger partial charge in [-0.2, -0.15) is 0 Å². The number of halogens is 1. The first-order valence-corrected chi connectivity index (χ1v) is 10.8. The van der Waals surface area contributed by atoms with Crippen LogP contribution in [0.25, 0.3) is 0 Å². The van der Waals surface area contributed by atoms with Crippen molar-refractivity contribution in [2.45, 2.75) is 24.3 Å². The number of nitrogens with zero attached hydrogens (tertiary/aromatic N) is 1. The van der Waals surface area contributed by atoms with Crippen molar-refractivity contribution in [3.8, 4) is 0 Å². The molecule has 3 aromatic rings. The zero-order valence-corrected chi connectivity index (χ0v) is 16.6. The van der Waals surface area contributed by atoms with Crippen molar-refractivity contribution in [3.05, 3.63) is 77.1 Å². The lowest BCUT2D eigenvalue weighted by molar-refractivity contribution is 0.0940. The number of sulfonamides is 1. The van der Waals surface area contributed by atoms with E-state index in [1.807, 2.05) is 6.92 Å². The first-order valence-electron chi connectivity index (χ1n) is 8.41. The molecule has 2 N–H and O–H groups in total. The van der Waals surface area contributed by atoms with Gasteiger partial charge < -0.3 is 5.32 Å². The number of benzene rings is 2. The number of aromatic nitrogens is 1. The average molecular weight is 420 g/mol.